The molecule has 2 heterocycles. The summed E-state index contributed by atoms with van der Waals surface area (Å²) in [5.41, 5.74) is 4.93. The molecule has 138 valence electrons. The first kappa shape index (κ1) is 20.8. The third-order valence-electron chi connectivity index (χ3n) is 3.04. The number of rotatable bonds is 7. The van der Waals surface area contributed by atoms with E-state index >= 15 is 0 Å². The highest BCUT2D eigenvalue weighted by Gasteiger charge is 2.30. The summed E-state index contributed by atoms with van der Waals surface area (Å²) in [6, 6.07) is 5.87. The molecule has 0 aliphatic heterocycles. The Labute approximate surface area is 153 Å². The summed E-state index contributed by atoms with van der Waals surface area (Å²) < 4.78 is 42.3. The smallest absolute Gasteiger partial charge is 0.417 e. The number of aliphatic imine (C=N–C) groups is 1. The third-order valence-corrected chi connectivity index (χ3v) is 3.04. The molecule has 0 bridgehead atoms. The van der Waals surface area contributed by atoms with E-state index < -0.39 is 11.7 Å². The maximum atomic E-state index is 12.4. The van der Waals surface area contributed by atoms with Crippen LogP contribution in [0.15, 0.2) is 46.1 Å². The highest BCUT2D eigenvalue weighted by atomic mass is 79.9. The predicted molar refractivity (Wildman–Crippen MR) is 94.7 cm³/mol. The summed E-state index contributed by atoms with van der Waals surface area (Å²) in [5, 5.41) is 5.87. The molecule has 6 nitrogen and oxygen atoms in total. The van der Waals surface area contributed by atoms with Crippen LogP contribution in [0.3, 0.4) is 0 Å². The van der Waals surface area contributed by atoms with Gasteiger partial charge < -0.3 is 20.8 Å². The lowest BCUT2D eigenvalue weighted by atomic mass is 10.3. The number of pyridine rings is 1. The Kier molecular flexibility index (Phi) is 8.26. The maximum Gasteiger partial charge on any atom is 0.417 e. The molecule has 2 aromatic heterocycles. The molecule has 0 atom stereocenters. The molecule has 0 amide bonds. The van der Waals surface area contributed by atoms with Crippen LogP contribution < -0.4 is 16.4 Å². The van der Waals surface area contributed by atoms with Crippen LogP contribution in [0.25, 0.3) is 0 Å². The monoisotopic (exact) mass is 421 g/mol. The Bertz CT molecular complexity index is 644. The lowest BCUT2D eigenvalue weighted by Crippen LogP contribution is -2.33. The summed E-state index contributed by atoms with van der Waals surface area (Å²) in [6.07, 6.45) is -1.31. The van der Waals surface area contributed by atoms with Gasteiger partial charge in [-0.15, -0.1) is 17.0 Å². The summed E-state index contributed by atoms with van der Waals surface area (Å²) in [5.74, 6) is 1.41. The summed E-state index contributed by atoms with van der Waals surface area (Å²) in [6.45, 7) is 1.47. The molecule has 0 fully saturated rings. The molecule has 25 heavy (non-hydrogen) atoms. The Hall–Kier alpha value is -2.23. The minimum Gasteiger partial charge on any atom is -0.467 e. The number of anilines is 1. The van der Waals surface area contributed by atoms with Gasteiger partial charge in [-0.2, -0.15) is 13.2 Å². The van der Waals surface area contributed by atoms with Crippen LogP contribution in [-0.4, -0.2) is 24.0 Å². The molecule has 2 aromatic rings. The van der Waals surface area contributed by atoms with Crippen molar-refractivity contribution in [2.24, 2.45) is 10.7 Å². The van der Waals surface area contributed by atoms with E-state index in [4.69, 9.17) is 10.2 Å². The zero-order valence-corrected chi connectivity index (χ0v) is 14.9. The van der Waals surface area contributed by atoms with Crippen LogP contribution in [0, 0.1) is 0 Å². The van der Waals surface area contributed by atoms with Crippen LogP contribution in [0.2, 0.25) is 0 Å². The Balaban J connectivity index is 0.00000312. The molecule has 2 rings (SSSR count). The number of alkyl halides is 3. The van der Waals surface area contributed by atoms with E-state index in [0.717, 1.165) is 18.0 Å². The Morgan fingerprint density at radius 1 is 1.24 bits per heavy atom. The molecule has 4 N–H and O–H groups in total. The molecular weight excluding hydrogens is 403 g/mol. The van der Waals surface area contributed by atoms with E-state index in [2.05, 4.69) is 20.6 Å². The van der Waals surface area contributed by atoms with Crippen LogP contribution in [-0.2, 0) is 12.7 Å². The van der Waals surface area contributed by atoms with E-state index in [1.165, 1.54) is 6.07 Å². The number of hydrogen-bond donors (Lipinski definition) is 3. The van der Waals surface area contributed by atoms with Crippen molar-refractivity contribution in [1.29, 1.82) is 0 Å². The number of aromatic nitrogens is 1. The lowest BCUT2D eigenvalue weighted by molar-refractivity contribution is -0.137. The van der Waals surface area contributed by atoms with Crippen molar-refractivity contribution in [3.63, 3.8) is 0 Å². The first-order valence-electron chi connectivity index (χ1n) is 7.28. The Morgan fingerprint density at radius 2 is 2.04 bits per heavy atom. The van der Waals surface area contributed by atoms with Crippen molar-refractivity contribution >= 4 is 28.8 Å². The number of nitrogens with zero attached hydrogens (tertiary/aromatic N) is 2. The van der Waals surface area contributed by atoms with Gasteiger partial charge >= 0.3 is 6.18 Å². The van der Waals surface area contributed by atoms with Crippen molar-refractivity contribution < 1.29 is 17.6 Å². The normalized spacial score (nSPS) is 11.7. The highest BCUT2D eigenvalue weighted by Crippen LogP contribution is 2.28. The topological polar surface area (TPSA) is 88.5 Å². The fraction of sp³-hybridized carbons (Fsp3) is 0.333. The van der Waals surface area contributed by atoms with Crippen molar-refractivity contribution in [3.8, 4) is 0 Å². The molecular formula is C15H19BrF3N5O. The van der Waals surface area contributed by atoms with Gasteiger partial charge in [0.2, 0.25) is 0 Å². The SMILES string of the molecule is Br.NC(=NCc1ccco1)NCCCNc1ccc(C(F)(F)F)cn1. The number of halogens is 4. The van der Waals surface area contributed by atoms with Gasteiger partial charge in [-0.25, -0.2) is 9.98 Å². The number of furan rings is 1. The molecule has 0 radical (unpaired) electrons. The fourth-order valence-corrected chi connectivity index (χ4v) is 1.81. The van der Waals surface area contributed by atoms with Crippen molar-refractivity contribution in [3.05, 3.63) is 48.0 Å². The van der Waals surface area contributed by atoms with Gasteiger partial charge in [0.1, 0.15) is 18.1 Å². The number of nitrogens with one attached hydrogen (secondary N) is 2. The summed E-state index contributed by atoms with van der Waals surface area (Å²) >= 11 is 0. The molecule has 0 saturated heterocycles. The standard InChI is InChI=1S/C15H18F3N5O.BrH/c16-15(17,18)11-4-5-13(22-9-11)20-6-2-7-21-14(19)23-10-12-3-1-8-24-12;/h1,3-5,8-9H,2,6-7,10H2,(H,20,22)(H3,19,21,23);1H. The predicted octanol–water partition coefficient (Wildman–Crippen LogP) is 3.18. The molecule has 0 unspecified atom stereocenters. The molecule has 0 aromatic carbocycles. The molecule has 0 aliphatic carbocycles. The van der Waals surface area contributed by atoms with Gasteiger partial charge in [0.25, 0.3) is 0 Å². The Morgan fingerprint density at radius 3 is 2.64 bits per heavy atom. The average molecular weight is 422 g/mol. The largest absolute Gasteiger partial charge is 0.467 e. The minimum atomic E-state index is -4.37. The highest BCUT2D eigenvalue weighted by molar-refractivity contribution is 8.93. The zero-order chi connectivity index (χ0) is 17.4. The second kappa shape index (κ2) is 9.92. The number of nitrogens with two attached hydrogens (primary N) is 1. The molecule has 0 saturated carbocycles. The van der Waals surface area contributed by atoms with E-state index in [0.29, 0.717) is 37.8 Å². The van der Waals surface area contributed by atoms with Gasteiger partial charge in [0.05, 0.1) is 11.8 Å². The summed E-state index contributed by atoms with van der Waals surface area (Å²) in [4.78, 5) is 7.83. The second-order valence-corrected chi connectivity index (χ2v) is 4.92. The van der Waals surface area contributed by atoms with Crippen LogP contribution in [0.5, 0.6) is 0 Å². The first-order valence-corrected chi connectivity index (χ1v) is 7.28. The van der Waals surface area contributed by atoms with Crippen LogP contribution in [0.1, 0.15) is 17.7 Å². The van der Waals surface area contributed by atoms with Crippen molar-refractivity contribution in [2.45, 2.75) is 19.1 Å². The van der Waals surface area contributed by atoms with Crippen LogP contribution in [0.4, 0.5) is 19.0 Å². The molecule has 0 spiro atoms. The lowest BCUT2D eigenvalue weighted by Gasteiger charge is -2.09. The quantitative estimate of drug-likeness (QED) is 0.363. The first-order chi connectivity index (χ1) is 11.4. The van der Waals surface area contributed by atoms with Gasteiger partial charge in [-0.1, -0.05) is 0 Å². The van der Waals surface area contributed by atoms with Gasteiger partial charge in [-0.3, -0.25) is 0 Å². The maximum absolute atomic E-state index is 12.4. The van der Waals surface area contributed by atoms with E-state index in [1.807, 2.05) is 0 Å². The average Bonchev–Trinajstić information content (AvgIpc) is 3.05. The summed E-state index contributed by atoms with van der Waals surface area (Å²) in [7, 11) is 0. The van der Waals surface area contributed by atoms with Gasteiger partial charge in [0.15, 0.2) is 5.96 Å². The van der Waals surface area contributed by atoms with E-state index in [-0.39, 0.29) is 17.0 Å². The van der Waals surface area contributed by atoms with Gasteiger partial charge in [-0.05, 0) is 30.7 Å². The molecule has 0 aliphatic rings. The van der Waals surface area contributed by atoms with Crippen molar-refractivity contribution in [1.82, 2.24) is 10.3 Å². The molecule has 10 heteroatoms. The number of hydrogen-bond acceptors (Lipinski definition) is 4. The fourth-order valence-electron chi connectivity index (χ4n) is 1.81. The van der Waals surface area contributed by atoms with Crippen LogP contribution >= 0.6 is 17.0 Å². The number of guanidine groups is 1. The zero-order valence-electron chi connectivity index (χ0n) is 13.2. The second-order valence-electron chi connectivity index (χ2n) is 4.92. The van der Waals surface area contributed by atoms with Gasteiger partial charge in [0, 0.05) is 19.3 Å². The van der Waals surface area contributed by atoms with E-state index in [1.54, 1.807) is 18.4 Å². The third kappa shape index (κ3) is 7.46. The van der Waals surface area contributed by atoms with E-state index in [9.17, 15) is 13.2 Å². The van der Waals surface area contributed by atoms with Crippen molar-refractivity contribution in [2.75, 3.05) is 18.4 Å². The minimum absolute atomic E-state index is 0.